The molecule has 0 spiro atoms. The molecule has 0 saturated carbocycles. The maximum Gasteiger partial charge on any atom is 0.223 e. The largest absolute Gasteiger partial charge is 0.396 e. The second-order valence-corrected chi connectivity index (χ2v) is 7.76. The van der Waals surface area contributed by atoms with Crippen molar-refractivity contribution in [1.82, 2.24) is 14.7 Å². The minimum Gasteiger partial charge on any atom is -0.396 e. The molecule has 5 nitrogen and oxygen atoms in total. The minimum atomic E-state index is -0.227. The minimum absolute atomic E-state index is 0.112. The number of amides is 1. The lowest BCUT2D eigenvalue weighted by molar-refractivity contribution is -0.135. The Bertz CT molecular complexity index is 590. The summed E-state index contributed by atoms with van der Waals surface area (Å²) in [7, 11) is 0. The topological polar surface area (TPSA) is 47.0 Å². The number of halogens is 1. The van der Waals surface area contributed by atoms with Crippen LogP contribution in [-0.4, -0.2) is 77.6 Å². The van der Waals surface area contributed by atoms with E-state index in [9.17, 15) is 14.3 Å². The second-order valence-electron chi connectivity index (χ2n) is 7.76. The zero-order chi connectivity index (χ0) is 19.1. The fourth-order valence-electron chi connectivity index (χ4n) is 4.17. The average Bonchev–Trinajstić information content (AvgIpc) is 2.70. The molecule has 150 valence electrons. The molecule has 1 amide bonds. The molecule has 2 saturated heterocycles. The van der Waals surface area contributed by atoms with Gasteiger partial charge in [-0.05, 0) is 50.0 Å². The molecule has 3 rings (SSSR count). The monoisotopic (exact) mass is 377 g/mol. The maximum atomic E-state index is 13.1. The summed E-state index contributed by atoms with van der Waals surface area (Å²) in [5.74, 6) is -0.000255. The van der Waals surface area contributed by atoms with Crippen molar-refractivity contribution < 1.29 is 14.3 Å². The van der Waals surface area contributed by atoms with Gasteiger partial charge in [0.1, 0.15) is 5.82 Å². The highest BCUT2D eigenvalue weighted by Crippen LogP contribution is 2.18. The Kier molecular flexibility index (Phi) is 7.61. The van der Waals surface area contributed by atoms with Crippen LogP contribution in [-0.2, 0) is 11.3 Å². The van der Waals surface area contributed by atoms with Crippen molar-refractivity contribution in [3.63, 3.8) is 0 Å². The standard InChI is InChI=1S/C21H32FN3O2/c22-19-6-4-18(5-7-19)16-24-13-14-25(17-20(24)9-15-26)21(27)8-12-23-10-2-1-3-11-23/h4-7,20,26H,1-3,8-17H2/t20-/m0/s1. The highest BCUT2D eigenvalue weighted by Gasteiger charge is 2.29. The maximum absolute atomic E-state index is 13.1. The quantitative estimate of drug-likeness (QED) is 0.791. The summed E-state index contributed by atoms with van der Waals surface area (Å²) in [6.07, 6.45) is 5.04. The Morgan fingerprint density at radius 1 is 1.07 bits per heavy atom. The van der Waals surface area contributed by atoms with E-state index >= 15 is 0 Å². The molecule has 27 heavy (non-hydrogen) atoms. The third kappa shape index (κ3) is 5.99. The molecule has 2 heterocycles. The predicted molar refractivity (Wildman–Crippen MR) is 104 cm³/mol. The number of nitrogens with zero attached hydrogens (tertiary/aromatic N) is 3. The van der Waals surface area contributed by atoms with Crippen LogP contribution in [0.5, 0.6) is 0 Å². The SMILES string of the molecule is O=C(CCN1CCCCC1)N1CCN(Cc2ccc(F)cc2)[C@@H](CCO)C1. The van der Waals surface area contributed by atoms with E-state index in [1.807, 2.05) is 17.0 Å². The number of piperidine rings is 1. The van der Waals surface area contributed by atoms with Gasteiger partial charge in [-0.3, -0.25) is 9.69 Å². The zero-order valence-electron chi connectivity index (χ0n) is 16.2. The van der Waals surface area contributed by atoms with Crippen LogP contribution in [0.2, 0.25) is 0 Å². The van der Waals surface area contributed by atoms with Gasteiger partial charge in [0, 0.05) is 51.8 Å². The van der Waals surface area contributed by atoms with Gasteiger partial charge in [-0.1, -0.05) is 18.6 Å². The number of benzene rings is 1. The highest BCUT2D eigenvalue weighted by molar-refractivity contribution is 5.76. The first-order chi connectivity index (χ1) is 13.2. The van der Waals surface area contributed by atoms with Crippen LogP contribution in [0.4, 0.5) is 4.39 Å². The molecule has 0 aromatic heterocycles. The van der Waals surface area contributed by atoms with E-state index in [0.29, 0.717) is 19.4 Å². The number of carbonyl (C=O) groups excluding carboxylic acids is 1. The van der Waals surface area contributed by atoms with Crippen molar-refractivity contribution in [2.24, 2.45) is 0 Å². The molecule has 0 unspecified atom stereocenters. The first kappa shape index (κ1) is 20.2. The van der Waals surface area contributed by atoms with Crippen LogP contribution in [0, 0.1) is 5.82 Å². The number of hydrogen-bond acceptors (Lipinski definition) is 4. The molecular weight excluding hydrogens is 345 g/mol. The Morgan fingerprint density at radius 3 is 2.52 bits per heavy atom. The van der Waals surface area contributed by atoms with Gasteiger partial charge in [-0.15, -0.1) is 0 Å². The van der Waals surface area contributed by atoms with Crippen LogP contribution < -0.4 is 0 Å². The number of rotatable bonds is 7. The van der Waals surface area contributed by atoms with Gasteiger partial charge in [0.25, 0.3) is 0 Å². The van der Waals surface area contributed by atoms with E-state index in [1.54, 1.807) is 0 Å². The number of aliphatic hydroxyl groups excluding tert-OH is 1. The summed E-state index contributed by atoms with van der Waals surface area (Å²) < 4.78 is 13.1. The summed E-state index contributed by atoms with van der Waals surface area (Å²) >= 11 is 0. The number of hydrogen-bond donors (Lipinski definition) is 1. The van der Waals surface area contributed by atoms with Crippen molar-refractivity contribution in [2.75, 3.05) is 45.9 Å². The van der Waals surface area contributed by atoms with Crippen molar-refractivity contribution in [3.05, 3.63) is 35.6 Å². The Hall–Kier alpha value is -1.50. The lowest BCUT2D eigenvalue weighted by Crippen LogP contribution is -2.54. The normalized spacial score (nSPS) is 22.1. The summed E-state index contributed by atoms with van der Waals surface area (Å²) in [5.41, 5.74) is 1.06. The molecule has 1 aromatic rings. The van der Waals surface area contributed by atoms with E-state index in [0.717, 1.165) is 44.8 Å². The third-order valence-electron chi connectivity index (χ3n) is 5.81. The van der Waals surface area contributed by atoms with Crippen LogP contribution in [0.15, 0.2) is 24.3 Å². The van der Waals surface area contributed by atoms with E-state index in [2.05, 4.69) is 9.80 Å². The molecule has 0 aliphatic carbocycles. The number of aliphatic hydroxyl groups is 1. The average molecular weight is 378 g/mol. The molecule has 6 heteroatoms. The summed E-state index contributed by atoms with van der Waals surface area (Å²) in [6.45, 7) is 6.11. The van der Waals surface area contributed by atoms with Crippen molar-refractivity contribution in [1.29, 1.82) is 0 Å². The number of piperazine rings is 1. The summed E-state index contributed by atoms with van der Waals surface area (Å²) in [4.78, 5) is 19.3. The lowest BCUT2D eigenvalue weighted by atomic mass is 10.1. The number of carbonyl (C=O) groups is 1. The smallest absolute Gasteiger partial charge is 0.223 e. The van der Waals surface area contributed by atoms with Crippen LogP contribution in [0.3, 0.4) is 0 Å². The fourth-order valence-corrected chi connectivity index (χ4v) is 4.17. The lowest BCUT2D eigenvalue weighted by Gasteiger charge is -2.41. The molecule has 0 bridgehead atoms. The first-order valence-electron chi connectivity index (χ1n) is 10.2. The van der Waals surface area contributed by atoms with E-state index in [4.69, 9.17) is 0 Å². The van der Waals surface area contributed by atoms with Gasteiger partial charge in [-0.25, -0.2) is 4.39 Å². The van der Waals surface area contributed by atoms with Gasteiger partial charge < -0.3 is 14.9 Å². The highest BCUT2D eigenvalue weighted by atomic mass is 19.1. The van der Waals surface area contributed by atoms with Crippen molar-refractivity contribution in [3.8, 4) is 0 Å². The van der Waals surface area contributed by atoms with E-state index < -0.39 is 0 Å². The van der Waals surface area contributed by atoms with Gasteiger partial charge in [0.05, 0.1) is 0 Å². The van der Waals surface area contributed by atoms with Gasteiger partial charge in [0.2, 0.25) is 5.91 Å². The van der Waals surface area contributed by atoms with Crippen LogP contribution >= 0.6 is 0 Å². The molecule has 1 aromatic carbocycles. The Balaban J connectivity index is 1.51. The molecule has 1 atom stereocenters. The Labute approximate surface area is 161 Å². The third-order valence-corrected chi connectivity index (χ3v) is 5.81. The fraction of sp³-hybridized carbons (Fsp3) is 0.667. The second kappa shape index (κ2) is 10.2. The van der Waals surface area contributed by atoms with Crippen molar-refractivity contribution >= 4 is 5.91 Å². The van der Waals surface area contributed by atoms with E-state index in [1.165, 1.54) is 31.4 Å². The van der Waals surface area contributed by atoms with Crippen LogP contribution in [0.1, 0.15) is 37.7 Å². The zero-order valence-corrected chi connectivity index (χ0v) is 16.2. The first-order valence-corrected chi connectivity index (χ1v) is 10.2. The number of likely N-dealkylation sites (tertiary alicyclic amines) is 1. The summed E-state index contributed by atoms with van der Waals surface area (Å²) in [5, 5.41) is 9.45. The van der Waals surface area contributed by atoms with Crippen molar-refractivity contribution in [2.45, 2.75) is 44.7 Å². The van der Waals surface area contributed by atoms with Crippen LogP contribution in [0.25, 0.3) is 0 Å². The molecule has 0 radical (unpaired) electrons. The molecule has 2 aliphatic heterocycles. The molecular formula is C21H32FN3O2. The summed E-state index contributed by atoms with van der Waals surface area (Å²) in [6, 6.07) is 6.73. The predicted octanol–water partition coefficient (Wildman–Crippen LogP) is 2.10. The Morgan fingerprint density at radius 2 is 1.81 bits per heavy atom. The van der Waals surface area contributed by atoms with Gasteiger partial charge in [-0.2, -0.15) is 0 Å². The molecule has 1 N–H and O–H groups in total. The molecule has 2 fully saturated rings. The van der Waals surface area contributed by atoms with Gasteiger partial charge >= 0.3 is 0 Å². The molecule has 2 aliphatic rings. The van der Waals surface area contributed by atoms with Gasteiger partial charge in [0.15, 0.2) is 0 Å². The van der Waals surface area contributed by atoms with E-state index in [-0.39, 0.29) is 24.4 Å².